The summed E-state index contributed by atoms with van der Waals surface area (Å²) in [5.41, 5.74) is 7.28. The third kappa shape index (κ3) is 12.1. The second kappa shape index (κ2) is 16.1. The van der Waals surface area contributed by atoms with Crippen molar-refractivity contribution in [2.24, 2.45) is 5.73 Å². The van der Waals surface area contributed by atoms with Crippen LogP contribution in [0.15, 0.2) is 18.2 Å². The molecule has 4 amide bonds. The molecular formula is C30H50N4O5. The molecule has 1 aromatic carbocycles. The zero-order valence-corrected chi connectivity index (χ0v) is 25.2. The maximum absolute atomic E-state index is 14.1. The first-order valence-electron chi connectivity index (χ1n) is 14.2. The van der Waals surface area contributed by atoms with Crippen LogP contribution in [0.1, 0.15) is 109 Å². The molecule has 0 aliphatic carbocycles. The van der Waals surface area contributed by atoms with Gasteiger partial charge in [0.1, 0.15) is 17.7 Å². The molecule has 4 N–H and O–H groups in total. The molecule has 3 atom stereocenters. The minimum Gasteiger partial charge on any atom is -0.444 e. The number of carbonyl (C=O) groups is 4. The van der Waals surface area contributed by atoms with E-state index in [2.05, 4.69) is 17.6 Å². The average Bonchev–Trinajstić information content (AvgIpc) is 2.79. The average molecular weight is 547 g/mol. The van der Waals surface area contributed by atoms with Gasteiger partial charge in [0.05, 0.1) is 6.42 Å². The van der Waals surface area contributed by atoms with Crippen LogP contribution in [-0.2, 0) is 19.1 Å². The number of nitrogens with two attached hydrogens (primary N) is 1. The summed E-state index contributed by atoms with van der Waals surface area (Å²) in [7, 11) is 0. The second-order valence-electron chi connectivity index (χ2n) is 11.4. The maximum atomic E-state index is 14.1. The quantitative estimate of drug-likeness (QED) is 0.271. The van der Waals surface area contributed by atoms with Gasteiger partial charge in [-0.3, -0.25) is 14.4 Å². The molecular weight excluding hydrogens is 496 g/mol. The Morgan fingerprint density at radius 2 is 1.67 bits per heavy atom. The molecule has 9 heteroatoms. The topological polar surface area (TPSA) is 131 Å². The fourth-order valence-electron chi connectivity index (χ4n) is 4.54. The Balaban J connectivity index is 3.58. The lowest BCUT2D eigenvalue weighted by Gasteiger charge is -2.35. The highest BCUT2D eigenvalue weighted by Crippen LogP contribution is 2.28. The third-order valence-electron chi connectivity index (χ3n) is 6.32. The Morgan fingerprint density at radius 1 is 1.00 bits per heavy atom. The number of primary amides is 1. The predicted octanol–water partition coefficient (Wildman–Crippen LogP) is 4.83. The molecule has 0 radical (unpaired) electrons. The molecule has 1 rings (SSSR count). The number of hydrogen-bond donors (Lipinski definition) is 3. The molecule has 0 fully saturated rings. The lowest BCUT2D eigenvalue weighted by molar-refractivity contribution is -0.143. The van der Waals surface area contributed by atoms with Crippen LogP contribution < -0.4 is 16.4 Å². The number of nitrogens with zero attached hydrogens (tertiary/aromatic N) is 1. The highest BCUT2D eigenvalue weighted by Gasteiger charge is 2.37. The maximum Gasteiger partial charge on any atom is 0.408 e. The van der Waals surface area contributed by atoms with Crippen molar-refractivity contribution in [3.05, 3.63) is 34.9 Å². The van der Waals surface area contributed by atoms with Gasteiger partial charge in [-0.05, 0) is 65.5 Å². The summed E-state index contributed by atoms with van der Waals surface area (Å²) in [6.07, 6.45) is 3.96. The summed E-state index contributed by atoms with van der Waals surface area (Å²) < 4.78 is 5.34. The first kappa shape index (κ1) is 33.9. The number of hydrogen-bond acceptors (Lipinski definition) is 5. The summed E-state index contributed by atoms with van der Waals surface area (Å²) >= 11 is 0. The molecule has 9 nitrogen and oxygen atoms in total. The number of alkyl carbamates (subject to hydrolysis) is 1. The van der Waals surface area contributed by atoms with Crippen molar-refractivity contribution >= 4 is 23.8 Å². The largest absolute Gasteiger partial charge is 0.444 e. The van der Waals surface area contributed by atoms with Gasteiger partial charge < -0.3 is 26.0 Å². The minimum atomic E-state index is -1.28. The molecule has 0 saturated heterocycles. The fraction of sp³-hybridized carbons (Fsp3) is 0.667. The number of carbonyl (C=O) groups excluding carboxylic acids is 4. The molecule has 0 aliphatic rings. The number of unbranched alkanes of at least 4 members (excludes halogenated alkanes) is 3. The SMILES string of the molecule is CCCCCCN(C(=O)C(CC(N)=O)NC(=O)OC(C)(C)C)C(C(=O)NC(C)CCC)c1ccc(C)cc1C. The van der Waals surface area contributed by atoms with Gasteiger partial charge in [0, 0.05) is 12.6 Å². The number of rotatable bonds is 15. The molecule has 0 aromatic heterocycles. The summed E-state index contributed by atoms with van der Waals surface area (Å²) in [6, 6.07) is 3.44. The summed E-state index contributed by atoms with van der Waals surface area (Å²) in [6.45, 7) is 15.3. The lowest BCUT2D eigenvalue weighted by Crippen LogP contribution is -2.54. The van der Waals surface area contributed by atoms with E-state index in [0.717, 1.165) is 43.2 Å². The normalized spacial score (nSPS) is 13.6. The van der Waals surface area contributed by atoms with Crippen LogP contribution in [0.5, 0.6) is 0 Å². The van der Waals surface area contributed by atoms with Crippen molar-refractivity contribution < 1.29 is 23.9 Å². The molecule has 0 saturated carbocycles. The van der Waals surface area contributed by atoms with Crippen molar-refractivity contribution in [3.63, 3.8) is 0 Å². The molecule has 0 spiro atoms. The monoisotopic (exact) mass is 546 g/mol. The number of amides is 4. The summed E-state index contributed by atoms with van der Waals surface area (Å²) in [5.74, 6) is -1.61. The summed E-state index contributed by atoms with van der Waals surface area (Å²) in [4.78, 5) is 54.0. The van der Waals surface area contributed by atoms with Crippen LogP contribution in [0, 0.1) is 13.8 Å². The Labute approximate surface area is 234 Å². The van der Waals surface area contributed by atoms with Crippen LogP contribution in [0.25, 0.3) is 0 Å². The van der Waals surface area contributed by atoms with E-state index in [1.165, 1.54) is 4.90 Å². The van der Waals surface area contributed by atoms with Crippen molar-refractivity contribution in [2.45, 2.75) is 124 Å². The van der Waals surface area contributed by atoms with Crippen molar-refractivity contribution in [1.82, 2.24) is 15.5 Å². The third-order valence-corrected chi connectivity index (χ3v) is 6.32. The Kier molecular flexibility index (Phi) is 14.0. The van der Waals surface area contributed by atoms with Gasteiger partial charge in [0.2, 0.25) is 17.7 Å². The number of nitrogens with one attached hydrogen (secondary N) is 2. The molecule has 0 heterocycles. The highest BCUT2D eigenvalue weighted by molar-refractivity contribution is 5.94. The van der Waals surface area contributed by atoms with E-state index >= 15 is 0 Å². The first-order valence-corrected chi connectivity index (χ1v) is 14.2. The Morgan fingerprint density at radius 3 is 2.21 bits per heavy atom. The van der Waals surface area contributed by atoms with Crippen molar-refractivity contribution in [2.75, 3.05) is 6.54 Å². The van der Waals surface area contributed by atoms with Gasteiger partial charge in [-0.15, -0.1) is 0 Å². The van der Waals surface area contributed by atoms with Crippen LogP contribution >= 0.6 is 0 Å². The zero-order valence-electron chi connectivity index (χ0n) is 25.2. The Bertz CT molecular complexity index is 973. The first-order chi connectivity index (χ1) is 18.2. The van der Waals surface area contributed by atoms with E-state index in [-0.39, 0.29) is 18.5 Å². The van der Waals surface area contributed by atoms with Crippen LogP contribution in [-0.4, -0.2) is 52.9 Å². The lowest BCUT2D eigenvalue weighted by atomic mass is 9.95. The van der Waals surface area contributed by atoms with Gasteiger partial charge in [-0.2, -0.15) is 0 Å². The summed E-state index contributed by atoms with van der Waals surface area (Å²) in [5, 5.41) is 5.61. The van der Waals surface area contributed by atoms with E-state index in [0.29, 0.717) is 12.0 Å². The highest BCUT2D eigenvalue weighted by atomic mass is 16.6. The van der Waals surface area contributed by atoms with Gasteiger partial charge in [0.25, 0.3) is 0 Å². The van der Waals surface area contributed by atoms with Gasteiger partial charge in [0.15, 0.2) is 0 Å². The molecule has 0 bridgehead atoms. The van der Waals surface area contributed by atoms with Gasteiger partial charge in [-0.1, -0.05) is 63.3 Å². The van der Waals surface area contributed by atoms with Crippen LogP contribution in [0.3, 0.4) is 0 Å². The predicted molar refractivity (Wildman–Crippen MR) is 154 cm³/mol. The minimum absolute atomic E-state index is 0.0888. The fourth-order valence-corrected chi connectivity index (χ4v) is 4.54. The Hall–Kier alpha value is -3.10. The van der Waals surface area contributed by atoms with Gasteiger partial charge in [-0.25, -0.2) is 4.79 Å². The van der Waals surface area contributed by atoms with Crippen molar-refractivity contribution in [1.29, 1.82) is 0 Å². The van der Waals surface area contributed by atoms with Crippen LogP contribution in [0.2, 0.25) is 0 Å². The second-order valence-corrected chi connectivity index (χ2v) is 11.4. The van der Waals surface area contributed by atoms with Gasteiger partial charge >= 0.3 is 6.09 Å². The van der Waals surface area contributed by atoms with E-state index < -0.39 is 42.0 Å². The van der Waals surface area contributed by atoms with E-state index in [9.17, 15) is 19.2 Å². The molecule has 39 heavy (non-hydrogen) atoms. The molecule has 1 aromatic rings. The van der Waals surface area contributed by atoms with E-state index in [4.69, 9.17) is 10.5 Å². The van der Waals surface area contributed by atoms with E-state index in [1.807, 2.05) is 45.9 Å². The zero-order chi connectivity index (χ0) is 29.8. The number of ether oxygens (including phenoxy) is 1. The number of aryl methyl sites for hydroxylation is 2. The van der Waals surface area contributed by atoms with Crippen molar-refractivity contribution in [3.8, 4) is 0 Å². The molecule has 220 valence electrons. The van der Waals surface area contributed by atoms with Crippen LogP contribution in [0.4, 0.5) is 4.79 Å². The van der Waals surface area contributed by atoms with E-state index in [1.54, 1.807) is 20.8 Å². The standard InChI is InChI=1S/C30H50N4O5/c1-9-11-12-13-17-34(28(37)24(19-25(31)35)33-29(38)39-30(6,7)8)26(27(36)32-22(5)14-10-2)23-16-15-20(3)18-21(23)4/h15-16,18,22,24,26H,9-14,17,19H2,1-8H3,(H2,31,35)(H,32,36)(H,33,38). The molecule has 0 aliphatic heterocycles. The smallest absolute Gasteiger partial charge is 0.408 e. The molecule has 3 unspecified atom stereocenters. The number of benzene rings is 1.